The largest absolute Gasteiger partial charge is 0.309 e. The lowest BCUT2D eigenvalue weighted by Gasteiger charge is -2.13. The Balaban J connectivity index is 1.16. The number of nitrogens with zero attached hydrogens (tertiary/aromatic N) is 5. The second-order valence-corrected chi connectivity index (χ2v) is 13.9. The SMILES string of the molecule is c1ccc(-n2c3cc(-c4ccc5c6ccccc6n(-c6nc7ccccc7c7nc8ccccc8n67)c5c4)ccc3c3ccc4ccccc4c32)cc1. The Bertz CT molecular complexity index is 3460. The molecule has 0 N–H and O–H groups in total. The zero-order chi connectivity index (χ0) is 34.6. The normalized spacial score (nSPS) is 12.2. The van der Waals surface area contributed by atoms with E-state index >= 15 is 0 Å². The number of fused-ring (bicyclic) bond motifs is 13. The fourth-order valence-electron chi connectivity index (χ4n) is 8.65. The van der Waals surface area contributed by atoms with Gasteiger partial charge < -0.3 is 4.57 Å². The smallest absolute Gasteiger partial charge is 0.221 e. The van der Waals surface area contributed by atoms with E-state index in [1.54, 1.807) is 0 Å². The highest BCUT2D eigenvalue weighted by atomic mass is 15.2. The maximum atomic E-state index is 5.39. The van der Waals surface area contributed by atoms with Crippen LogP contribution in [0.25, 0.3) is 105 Å². The quantitative estimate of drug-likeness (QED) is 0.187. The second-order valence-electron chi connectivity index (χ2n) is 13.9. The molecule has 0 radical (unpaired) electrons. The van der Waals surface area contributed by atoms with Crippen LogP contribution < -0.4 is 0 Å². The minimum atomic E-state index is 0.822. The average Bonchev–Trinajstić information content (AvgIpc) is 3.89. The van der Waals surface area contributed by atoms with E-state index in [2.05, 4.69) is 183 Å². The molecule has 5 nitrogen and oxygen atoms in total. The number of hydrogen-bond acceptors (Lipinski definition) is 2. The minimum Gasteiger partial charge on any atom is -0.309 e. The van der Waals surface area contributed by atoms with Gasteiger partial charge in [-0.3, -0.25) is 8.97 Å². The van der Waals surface area contributed by atoms with Gasteiger partial charge in [0.05, 0.1) is 38.6 Å². The molecule has 4 aromatic heterocycles. The summed E-state index contributed by atoms with van der Waals surface area (Å²) >= 11 is 0. The van der Waals surface area contributed by atoms with E-state index in [9.17, 15) is 0 Å². The van der Waals surface area contributed by atoms with Gasteiger partial charge in [0.2, 0.25) is 5.95 Å². The molecule has 0 amide bonds. The molecule has 53 heavy (non-hydrogen) atoms. The van der Waals surface area contributed by atoms with Crippen LogP contribution in [0.5, 0.6) is 0 Å². The summed E-state index contributed by atoms with van der Waals surface area (Å²) in [7, 11) is 0. The van der Waals surface area contributed by atoms with Gasteiger partial charge in [0.1, 0.15) is 5.65 Å². The Kier molecular flexibility index (Phi) is 5.71. The van der Waals surface area contributed by atoms with Crippen molar-refractivity contribution < 1.29 is 0 Å². The lowest BCUT2D eigenvalue weighted by Crippen LogP contribution is -2.06. The molecular formula is C48H29N5. The van der Waals surface area contributed by atoms with Gasteiger partial charge in [-0.1, -0.05) is 121 Å². The van der Waals surface area contributed by atoms with Crippen molar-refractivity contribution in [2.45, 2.75) is 0 Å². The number of benzene rings is 8. The van der Waals surface area contributed by atoms with E-state index in [0.717, 1.165) is 61.4 Å². The van der Waals surface area contributed by atoms with Gasteiger partial charge in [0.25, 0.3) is 0 Å². The molecule has 246 valence electrons. The van der Waals surface area contributed by atoms with Gasteiger partial charge in [-0.05, 0) is 71.1 Å². The third kappa shape index (κ3) is 3.96. The van der Waals surface area contributed by atoms with E-state index < -0.39 is 0 Å². The van der Waals surface area contributed by atoms with E-state index in [1.165, 1.54) is 43.4 Å². The van der Waals surface area contributed by atoms with Crippen molar-refractivity contribution >= 4 is 82.0 Å². The Hall–Kier alpha value is -7.24. The summed E-state index contributed by atoms with van der Waals surface area (Å²) in [4.78, 5) is 10.5. The highest BCUT2D eigenvalue weighted by Crippen LogP contribution is 2.40. The molecule has 0 atom stereocenters. The second kappa shape index (κ2) is 10.6. The molecule has 4 heterocycles. The van der Waals surface area contributed by atoms with Crippen LogP contribution in [0.3, 0.4) is 0 Å². The molecule has 0 saturated heterocycles. The minimum absolute atomic E-state index is 0.822. The first kappa shape index (κ1) is 28.5. The molecule has 0 unspecified atom stereocenters. The zero-order valence-electron chi connectivity index (χ0n) is 28.5. The molecule has 8 aromatic carbocycles. The molecular weight excluding hydrogens is 647 g/mol. The van der Waals surface area contributed by atoms with Crippen LogP contribution in [-0.2, 0) is 0 Å². The molecule has 0 spiro atoms. The van der Waals surface area contributed by atoms with Gasteiger partial charge in [-0.2, -0.15) is 0 Å². The molecule has 0 aliphatic carbocycles. The van der Waals surface area contributed by atoms with Crippen molar-refractivity contribution in [2.75, 3.05) is 0 Å². The van der Waals surface area contributed by atoms with Crippen LogP contribution in [0.1, 0.15) is 0 Å². The van der Waals surface area contributed by atoms with Crippen LogP contribution in [0, 0.1) is 0 Å². The van der Waals surface area contributed by atoms with Gasteiger partial charge in [0, 0.05) is 38.0 Å². The number of rotatable bonds is 3. The highest BCUT2D eigenvalue weighted by molar-refractivity contribution is 6.19. The molecule has 0 aliphatic rings. The topological polar surface area (TPSA) is 40.0 Å². The third-order valence-electron chi connectivity index (χ3n) is 11.0. The summed E-state index contributed by atoms with van der Waals surface area (Å²) in [5, 5.41) is 8.38. The summed E-state index contributed by atoms with van der Waals surface area (Å²) in [6.07, 6.45) is 0. The van der Waals surface area contributed by atoms with Crippen molar-refractivity contribution in [2.24, 2.45) is 0 Å². The molecule has 0 bridgehead atoms. The fraction of sp³-hybridized carbons (Fsp3) is 0. The predicted molar refractivity (Wildman–Crippen MR) is 220 cm³/mol. The van der Waals surface area contributed by atoms with Crippen LogP contribution >= 0.6 is 0 Å². The van der Waals surface area contributed by atoms with Crippen molar-refractivity contribution in [3.63, 3.8) is 0 Å². The zero-order valence-corrected chi connectivity index (χ0v) is 28.5. The lowest BCUT2D eigenvalue weighted by atomic mass is 10.0. The average molecular weight is 676 g/mol. The first-order valence-electron chi connectivity index (χ1n) is 18.0. The Morgan fingerprint density at radius 1 is 0.358 bits per heavy atom. The van der Waals surface area contributed by atoms with Crippen molar-refractivity contribution in [3.05, 3.63) is 176 Å². The number of hydrogen-bond donors (Lipinski definition) is 0. The molecule has 12 aromatic rings. The van der Waals surface area contributed by atoms with Crippen molar-refractivity contribution in [3.8, 4) is 22.8 Å². The Morgan fingerprint density at radius 3 is 1.75 bits per heavy atom. The number of aromatic nitrogens is 5. The summed E-state index contributed by atoms with van der Waals surface area (Å²) in [6, 6.07) is 63.1. The lowest BCUT2D eigenvalue weighted by molar-refractivity contribution is 0.979. The maximum Gasteiger partial charge on any atom is 0.221 e. The number of imidazole rings is 1. The first-order valence-corrected chi connectivity index (χ1v) is 18.0. The predicted octanol–water partition coefficient (Wildman–Crippen LogP) is 12.1. The molecule has 0 saturated carbocycles. The molecule has 5 heteroatoms. The van der Waals surface area contributed by atoms with Crippen molar-refractivity contribution in [1.82, 2.24) is 23.5 Å². The maximum absolute atomic E-state index is 5.39. The van der Waals surface area contributed by atoms with Crippen LogP contribution in [0.2, 0.25) is 0 Å². The standard InChI is InChI=1S/C48H29N5/c1-2-13-33(14-3-1)51-44-28-31(24-26-37(44)38-27-22-30-12-4-5-15-34(30)46(38)51)32-23-25-36-35-16-7-10-20-42(35)52(45(36)29-32)48-50-40-18-8-6-17-39(40)47-49-41-19-9-11-21-43(41)53(47)48/h1-29H. The molecule has 12 rings (SSSR count). The highest BCUT2D eigenvalue weighted by Gasteiger charge is 2.21. The van der Waals surface area contributed by atoms with E-state index in [4.69, 9.17) is 9.97 Å². The van der Waals surface area contributed by atoms with Gasteiger partial charge in [-0.25, -0.2) is 9.97 Å². The third-order valence-corrected chi connectivity index (χ3v) is 11.0. The van der Waals surface area contributed by atoms with Crippen LogP contribution in [-0.4, -0.2) is 23.5 Å². The Labute approximate surface area is 303 Å². The number of para-hydroxylation sites is 5. The van der Waals surface area contributed by atoms with E-state index in [1.807, 2.05) is 6.07 Å². The molecule has 0 fully saturated rings. The van der Waals surface area contributed by atoms with Crippen LogP contribution in [0.4, 0.5) is 0 Å². The Morgan fingerprint density at radius 2 is 0.943 bits per heavy atom. The summed E-state index contributed by atoms with van der Waals surface area (Å²) < 4.78 is 6.99. The molecule has 0 aliphatic heterocycles. The first-order chi connectivity index (χ1) is 26.3. The monoisotopic (exact) mass is 675 g/mol. The van der Waals surface area contributed by atoms with E-state index in [0.29, 0.717) is 0 Å². The van der Waals surface area contributed by atoms with E-state index in [-0.39, 0.29) is 0 Å². The summed E-state index contributed by atoms with van der Waals surface area (Å²) in [6.45, 7) is 0. The van der Waals surface area contributed by atoms with Crippen LogP contribution in [0.15, 0.2) is 176 Å². The van der Waals surface area contributed by atoms with Crippen molar-refractivity contribution in [1.29, 1.82) is 0 Å². The van der Waals surface area contributed by atoms with Gasteiger partial charge >= 0.3 is 0 Å². The fourth-order valence-corrected chi connectivity index (χ4v) is 8.65. The van der Waals surface area contributed by atoms with Gasteiger partial charge in [-0.15, -0.1) is 0 Å². The summed E-state index contributed by atoms with van der Waals surface area (Å²) in [5.74, 6) is 0.822. The summed E-state index contributed by atoms with van der Waals surface area (Å²) in [5.41, 5.74) is 11.9. The van der Waals surface area contributed by atoms with Gasteiger partial charge in [0.15, 0.2) is 0 Å².